The second kappa shape index (κ2) is 5.95. The number of methoxy groups -OCH3 is 1. The number of hydrogen-bond donors (Lipinski definition) is 1. The van der Waals surface area contributed by atoms with Gasteiger partial charge in [-0.1, -0.05) is 0 Å². The lowest BCUT2D eigenvalue weighted by Gasteiger charge is -2.11. The van der Waals surface area contributed by atoms with E-state index in [2.05, 4.69) is 10.3 Å². The lowest BCUT2D eigenvalue weighted by Crippen LogP contribution is -2.23. The molecule has 122 valence electrons. The van der Waals surface area contributed by atoms with Crippen LogP contribution in [0.1, 0.15) is 40.2 Å². The topological polar surface area (TPSA) is 73.6 Å². The first-order valence-corrected chi connectivity index (χ1v) is 7.56. The summed E-state index contributed by atoms with van der Waals surface area (Å²) >= 11 is 0. The van der Waals surface area contributed by atoms with Gasteiger partial charge in [0.05, 0.1) is 12.8 Å². The number of oxazole rings is 1. The normalized spacial score (nSPS) is 15.9. The molecule has 0 aliphatic carbocycles. The van der Waals surface area contributed by atoms with Crippen LogP contribution in [0.15, 0.2) is 16.5 Å². The van der Waals surface area contributed by atoms with E-state index >= 15 is 0 Å². The molecular formula is C17H20N2O4. The van der Waals surface area contributed by atoms with Crippen LogP contribution in [0.25, 0.3) is 0 Å². The van der Waals surface area contributed by atoms with E-state index in [1.54, 1.807) is 21.0 Å². The Bertz CT molecular complexity index is 751. The van der Waals surface area contributed by atoms with E-state index in [0.717, 1.165) is 29.0 Å². The van der Waals surface area contributed by atoms with Gasteiger partial charge in [-0.3, -0.25) is 4.79 Å². The minimum atomic E-state index is -0.292. The van der Waals surface area contributed by atoms with Gasteiger partial charge in [-0.15, -0.1) is 0 Å². The van der Waals surface area contributed by atoms with Crippen molar-refractivity contribution in [3.8, 4) is 11.5 Å². The van der Waals surface area contributed by atoms with Crippen molar-refractivity contribution in [3.63, 3.8) is 0 Å². The standard InChI is InChI=1S/C17H20N2O4/c1-9-5-12-6-14(21-4)13(7-15(12)22-9)8-18-17(20)16-10(2)19-11(3)23-16/h6-7,9H,5,8H2,1-4H3,(H,18,20). The van der Waals surface area contributed by atoms with E-state index in [9.17, 15) is 4.79 Å². The van der Waals surface area contributed by atoms with E-state index in [4.69, 9.17) is 13.9 Å². The number of carbonyl (C=O) groups excluding carboxylic acids is 1. The summed E-state index contributed by atoms with van der Waals surface area (Å²) in [5.41, 5.74) is 2.58. The summed E-state index contributed by atoms with van der Waals surface area (Å²) in [6.45, 7) is 5.82. The minimum absolute atomic E-state index is 0.166. The molecule has 3 rings (SSSR count). The minimum Gasteiger partial charge on any atom is -0.496 e. The summed E-state index contributed by atoms with van der Waals surface area (Å²) in [4.78, 5) is 16.3. The average molecular weight is 316 g/mol. The molecule has 1 aliphatic rings. The molecule has 2 aromatic rings. The summed E-state index contributed by atoms with van der Waals surface area (Å²) in [5, 5.41) is 2.84. The summed E-state index contributed by atoms with van der Waals surface area (Å²) < 4.78 is 16.5. The number of ether oxygens (including phenoxy) is 2. The maximum Gasteiger partial charge on any atom is 0.289 e. The van der Waals surface area contributed by atoms with Gasteiger partial charge in [0.15, 0.2) is 5.89 Å². The summed E-state index contributed by atoms with van der Waals surface area (Å²) in [6.07, 6.45) is 1.04. The molecule has 0 fully saturated rings. The van der Waals surface area contributed by atoms with E-state index in [1.807, 2.05) is 19.1 Å². The number of amides is 1. The van der Waals surface area contributed by atoms with E-state index < -0.39 is 0 Å². The van der Waals surface area contributed by atoms with Gasteiger partial charge in [-0.2, -0.15) is 0 Å². The number of benzene rings is 1. The molecule has 1 aromatic heterocycles. The first-order valence-electron chi connectivity index (χ1n) is 7.56. The van der Waals surface area contributed by atoms with E-state index in [1.165, 1.54) is 0 Å². The molecule has 1 N–H and O–H groups in total. The molecule has 6 heteroatoms. The van der Waals surface area contributed by atoms with Gasteiger partial charge in [0.2, 0.25) is 5.76 Å². The number of hydrogen-bond acceptors (Lipinski definition) is 5. The lowest BCUT2D eigenvalue weighted by molar-refractivity contribution is 0.0920. The number of nitrogens with one attached hydrogen (secondary N) is 1. The maximum atomic E-state index is 12.2. The summed E-state index contributed by atoms with van der Waals surface area (Å²) in [6, 6.07) is 3.90. The Morgan fingerprint density at radius 1 is 1.43 bits per heavy atom. The van der Waals surface area contributed by atoms with Crippen LogP contribution in [0, 0.1) is 13.8 Å². The fourth-order valence-corrected chi connectivity index (χ4v) is 2.81. The molecule has 1 amide bonds. The monoisotopic (exact) mass is 316 g/mol. The number of aryl methyl sites for hydroxylation is 2. The number of nitrogens with zero attached hydrogens (tertiary/aromatic N) is 1. The molecule has 1 unspecified atom stereocenters. The zero-order valence-electron chi connectivity index (χ0n) is 13.7. The number of rotatable bonds is 4. The van der Waals surface area contributed by atoms with Gasteiger partial charge >= 0.3 is 0 Å². The molecule has 1 aromatic carbocycles. The maximum absolute atomic E-state index is 12.2. The van der Waals surface area contributed by atoms with Gasteiger partial charge < -0.3 is 19.2 Å². The van der Waals surface area contributed by atoms with Gasteiger partial charge in [-0.25, -0.2) is 4.98 Å². The van der Waals surface area contributed by atoms with Crippen molar-refractivity contribution in [1.82, 2.24) is 10.3 Å². The Labute approximate surface area is 134 Å². The smallest absolute Gasteiger partial charge is 0.289 e. The highest BCUT2D eigenvalue weighted by Crippen LogP contribution is 2.34. The van der Waals surface area contributed by atoms with Gasteiger partial charge in [-0.05, 0) is 26.0 Å². The molecule has 0 radical (unpaired) electrons. The van der Waals surface area contributed by atoms with Crippen LogP contribution in [0.4, 0.5) is 0 Å². The first kappa shape index (κ1) is 15.4. The molecule has 0 saturated heterocycles. The van der Waals surface area contributed by atoms with Crippen molar-refractivity contribution < 1.29 is 18.7 Å². The molecule has 0 spiro atoms. The highest BCUT2D eigenvalue weighted by molar-refractivity contribution is 5.92. The fraction of sp³-hybridized carbons (Fsp3) is 0.412. The highest BCUT2D eigenvalue weighted by atomic mass is 16.5. The van der Waals surface area contributed by atoms with Crippen molar-refractivity contribution in [3.05, 3.63) is 40.6 Å². The third kappa shape index (κ3) is 3.02. The van der Waals surface area contributed by atoms with Crippen molar-refractivity contribution in [2.75, 3.05) is 7.11 Å². The summed E-state index contributed by atoms with van der Waals surface area (Å²) in [5.74, 6) is 2.03. The van der Waals surface area contributed by atoms with Gasteiger partial charge in [0.25, 0.3) is 5.91 Å². The molecule has 1 atom stereocenters. The number of aromatic nitrogens is 1. The van der Waals surface area contributed by atoms with Crippen LogP contribution < -0.4 is 14.8 Å². The fourth-order valence-electron chi connectivity index (χ4n) is 2.81. The lowest BCUT2D eigenvalue weighted by atomic mass is 10.1. The van der Waals surface area contributed by atoms with Crippen LogP contribution in [-0.4, -0.2) is 24.1 Å². The molecule has 2 heterocycles. The van der Waals surface area contributed by atoms with Crippen LogP contribution >= 0.6 is 0 Å². The van der Waals surface area contributed by atoms with Gasteiger partial charge in [0.1, 0.15) is 17.6 Å². The zero-order valence-corrected chi connectivity index (χ0v) is 13.7. The average Bonchev–Trinajstić information content (AvgIpc) is 3.03. The van der Waals surface area contributed by atoms with Gasteiger partial charge in [0, 0.05) is 31.0 Å². The first-order chi connectivity index (χ1) is 11.0. The van der Waals surface area contributed by atoms with Crippen molar-refractivity contribution >= 4 is 5.91 Å². The van der Waals surface area contributed by atoms with Crippen LogP contribution in [0.2, 0.25) is 0 Å². The SMILES string of the molecule is COc1cc2c(cc1CNC(=O)c1oc(C)nc1C)OC(C)C2. The highest BCUT2D eigenvalue weighted by Gasteiger charge is 2.22. The largest absolute Gasteiger partial charge is 0.496 e. The predicted molar refractivity (Wildman–Crippen MR) is 83.9 cm³/mol. The Kier molecular flexibility index (Phi) is 3.98. The number of fused-ring (bicyclic) bond motifs is 1. The van der Waals surface area contributed by atoms with E-state index in [0.29, 0.717) is 18.1 Å². The molecule has 1 aliphatic heterocycles. The Hall–Kier alpha value is -2.50. The Balaban J connectivity index is 1.77. The Morgan fingerprint density at radius 3 is 2.87 bits per heavy atom. The molecule has 23 heavy (non-hydrogen) atoms. The zero-order chi connectivity index (χ0) is 16.6. The predicted octanol–water partition coefficient (Wildman–Crippen LogP) is 2.55. The third-order valence-corrected chi connectivity index (χ3v) is 3.85. The third-order valence-electron chi connectivity index (χ3n) is 3.85. The second-order valence-electron chi connectivity index (χ2n) is 5.73. The van der Waals surface area contributed by atoms with Crippen molar-refractivity contribution in [1.29, 1.82) is 0 Å². The molecular weight excluding hydrogens is 296 g/mol. The van der Waals surface area contributed by atoms with Crippen molar-refractivity contribution in [2.24, 2.45) is 0 Å². The van der Waals surface area contributed by atoms with E-state index in [-0.39, 0.29) is 17.8 Å². The molecule has 0 bridgehead atoms. The molecule has 6 nitrogen and oxygen atoms in total. The number of carbonyl (C=O) groups is 1. The Morgan fingerprint density at radius 2 is 2.22 bits per heavy atom. The quantitative estimate of drug-likeness (QED) is 0.938. The van der Waals surface area contributed by atoms with Crippen LogP contribution in [-0.2, 0) is 13.0 Å². The van der Waals surface area contributed by atoms with Crippen LogP contribution in [0.3, 0.4) is 0 Å². The van der Waals surface area contributed by atoms with Crippen LogP contribution in [0.5, 0.6) is 11.5 Å². The molecule has 0 saturated carbocycles. The summed E-state index contributed by atoms with van der Waals surface area (Å²) in [7, 11) is 1.62. The second-order valence-corrected chi connectivity index (χ2v) is 5.73. The van der Waals surface area contributed by atoms with Crippen molar-refractivity contribution in [2.45, 2.75) is 39.8 Å².